The first-order chi connectivity index (χ1) is 8.97. The highest BCUT2D eigenvalue weighted by atomic mass is 79.9. The van der Waals surface area contributed by atoms with Gasteiger partial charge in [-0.05, 0) is 58.7 Å². The van der Waals surface area contributed by atoms with Gasteiger partial charge in [0.05, 0.1) is 4.47 Å². The Bertz CT molecular complexity index is 604. The van der Waals surface area contributed by atoms with E-state index in [1.54, 1.807) is 18.2 Å². The van der Waals surface area contributed by atoms with Gasteiger partial charge in [0, 0.05) is 16.8 Å². The Morgan fingerprint density at radius 1 is 1.16 bits per heavy atom. The second-order valence-electron chi connectivity index (χ2n) is 4.16. The van der Waals surface area contributed by atoms with Crippen LogP contribution in [0.1, 0.15) is 18.5 Å². The smallest absolute Gasteiger partial charge is 0.137 e. The van der Waals surface area contributed by atoms with Crippen LogP contribution in [0.25, 0.3) is 0 Å². The van der Waals surface area contributed by atoms with Gasteiger partial charge in [-0.1, -0.05) is 17.7 Å². The molecule has 0 saturated carbocycles. The number of benzene rings is 2. The van der Waals surface area contributed by atoms with Crippen LogP contribution >= 0.6 is 27.5 Å². The molecule has 2 aromatic carbocycles. The summed E-state index contributed by atoms with van der Waals surface area (Å²) in [5.41, 5.74) is 1.53. The van der Waals surface area contributed by atoms with Crippen LogP contribution in [0.2, 0.25) is 5.02 Å². The van der Waals surface area contributed by atoms with Crippen LogP contribution in [-0.4, -0.2) is 0 Å². The van der Waals surface area contributed by atoms with Crippen LogP contribution in [0.15, 0.2) is 40.9 Å². The maximum Gasteiger partial charge on any atom is 0.137 e. The highest BCUT2D eigenvalue weighted by Crippen LogP contribution is 2.28. The highest BCUT2D eigenvalue weighted by molar-refractivity contribution is 9.10. The molecule has 5 heteroatoms. The van der Waals surface area contributed by atoms with Gasteiger partial charge < -0.3 is 5.32 Å². The minimum atomic E-state index is -0.370. The van der Waals surface area contributed by atoms with Crippen molar-refractivity contribution < 1.29 is 8.78 Å². The van der Waals surface area contributed by atoms with Crippen LogP contribution in [0, 0.1) is 11.6 Å². The molecule has 100 valence electrons. The van der Waals surface area contributed by atoms with Crippen molar-refractivity contribution in [2.45, 2.75) is 13.0 Å². The lowest BCUT2D eigenvalue weighted by Crippen LogP contribution is -2.07. The molecule has 2 aromatic rings. The predicted octanol–water partition coefficient (Wildman–Crippen LogP) is 5.55. The molecule has 0 heterocycles. The summed E-state index contributed by atoms with van der Waals surface area (Å²) < 4.78 is 26.5. The normalized spacial score (nSPS) is 12.3. The lowest BCUT2D eigenvalue weighted by molar-refractivity contribution is 0.621. The fourth-order valence-electron chi connectivity index (χ4n) is 1.77. The van der Waals surface area contributed by atoms with Gasteiger partial charge >= 0.3 is 0 Å². The van der Waals surface area contributed by atoms with E-state index in [-0.39, 0.29) is 17.7 Å². The Balaban J connectivity index is 2.20. The summed E-state index contributed by atoms with van der Waals surface area (Å²) in [6, 6.07) is 8.79. The zero-order chi connectivity index (χ0) is 14.0. The Hall–Kier alpha value is -1.13. The molecular formula is C14H11BrClF2N. The SMILES string of the molecule is CC(Nc1ccc(F)c(Br)c1)c1ccc(F)cc1Cl. The number of rotatable bonds is 3. The van der Waals surface area contributed by atoms with Gasteiger partial charge in [-0.25, -0.2) is 8.78 Å². The Labute approximate surface area is 123 Å². The summed E-state index contributed by atoms with van der Waals surface area (Å²) in [5, 5.41) is 3.55. The van der Waals surface area contributed by atoms with Crippen LogP contribution in [0.5, 0.6) is 0 Å². The summed E-state index contributed by atoms with van der Waals surface area (Å²) in [5.74, 6) is -0.691. The number of nitrogens with one attached hydrogen (secondary N) is 1. The molecule has 1 atom stereocenters. The molecule has 0 aliphatic rings. The van der Waals surface area contributed by atoms with Gasteiger partial charge in [-0.3, -0.25) is 0 Å². The molecule has 0 aliphatic heterocycles. The first-order valence-electron chi connectivity index (χ1n) is 5.64. The van der Waals surface area contributed by atoms with Crippen LogP contribution in [0.4, 0.5) is 14.5 Å². The molecule has 0 spiro atoms. The summed E-state index contributed by atoms with van der Waals surface area (Å²) in [6.07, 6.45) is 0. The maximum absolute atomic E-state index is 13.1. The summed E-state index contributed by atoms with van der Waals surface area (Å²) >= 11 is 9.12. The number of halogens is 4. The molecule has 19 heavy (non-hydrogen) atoms. The van der Waals surface area contributed by atoms with Crippen molar-refractivity contribution in [2.75, 3.05) is 5.32 Å². The maximum atomic E-state index is 13.1. The van der Waals surface area contributed by atoms with Crippen molar-refractivity contribution >= 4 is 33.2 Å². The van der Waals surface area contributed by atoms with Gasteiger partial charge in [-0.2, -0.15) is 0 Å². The predicted molar refractivity (Wildman–Crippen MR) is 77.5 cm³/mol. The second-order valence-corrected chi connectivity index (χ2v) is 5.42. The number of anilines is 1. The fourth-order valence-corrected chi connectivity index (χ4v) is 2.48. The average molecular weight is 347 g/mol. The third-order valence-corrected chi connectivity index (χ3v) is 3.67. The van der Waals surface area contributed by atoms with E-state index >= 15 is 0 Å². The van der Waals surface area contributed by atoms with E-state index in [1.807, 2.05) is 6.92 Å². The summed E-state index contributed by atoms with van der Waals surface area (Å²) in [7, 11) is 0. The van der Waals surface area contributed by atoms with E-state index in [9.17, 15) is 8.78 Å². The quantitative estimate of drug-likeness (QED) is 0.768. The zero-order valence-corrected chi connectivity index (χ0v) is 12.4. The third-order valence-electron chi connectivity index (χ3n) is 2.73. The first kappa shape index (κ1) is 14.3. The molecule has 0 aromatic heterocycles. The third kappa shape index (κ3) is 3.45. The van der Waals surface area contributed by atoms with Crippen molar-refractivity contribution in [3.05, 3.63) is 63.1 Å². The van der Waals surface area contributed by atoms with Gasteiger partial charge in [-0.15, -0.1) is 0 Å². The Kier molecular flexibility index (Phi) is 4.42. The van der Waals surface area contributed by atoms with Gasteiger partial charge in [0.25, 0.3) is 0 Å². The van der Waals surface area contributed by atoms with E-state index in [0.717, 1.165) is 11.3 Å². The van der Waals surface area contributed by atoms with Crippen molar-refractivity contribution in [1.82, 2.24) is 0 Å². The molecule has 0 fully saturated rings. The Morgan fingerprint density at radius 2 is 1.89 bits per heavy atom. The van der Waals surface area contributed by atoms with E-state index in [0.29, 0.717) is 9.50 Å². The molecule has 1 nitrogen and oxygen atoms in total. The van der Waals surface area contributed by atoms with Gasteiger partial charge in [0.1, 0.15) is 11.6 Å². The van der Waals surface area contributed by atoms with Crippen LogP contribution in [-0.2, 0) is 0 Å². The van der Waals surface area contributed by atoms with Crippen LogP contribution < -0.4 is 5.32 Å². The number of hydrogen-bond donors (Lipinski definition) is 1. The lowest BCUT2D eigenvalue weighted by Gasteiger charge is -2.17. The largest absolute Gasteiger partial charge is 0.378 e. The number of hydrogen-bond acceptors (Lipinski definition) is 1. The first-order valence-corrected chi connectivity index (χ1v) is 6.81. The van der Waals surface area contributed by atoms with E-state index in [2.05, 4.69) is 21.2 Å². The highest BCUT2D eigenvalue weighted by Gasteiger charge is 2.11. The molecule has 0 amide bonds. The molecule has 2 rings (SSSR count). The van der Waals surface area contributed by atoms with Crippen molar-refractivity contribution in [1.29, 1.82) is 0 Å². The molecule has 0 bridgehead atoms. The standard InChI is InChI=1S/C14H11BrClF2N/c1-8(11-4-2-9(17)6-13(11)16)19-10-3-5-14(18)12(15)7-10/h2-8,19H,1H3. The van der Waals surface area contributed by atoms with Crippen LogP contribution in [0.3, 0.4) is 0 Å². The van der Waals surface area contributed by atoms with Crippen molar-refractivity contribution in [2.24, 2.45) is 0 Å². The molecule has 1 N–H and O–H groups in total. The van der Waals surface area contributed by atoms with E-state index < -0.39 is 0 Å². The Morgan fingerprint density at radius 3 is 2.53 bits per heavy atom. The molecular weight excluding hydrogens is 336 g/mol. The molecule has 0 aliphatic carbocycles. The minimum absolute atomic E-state index is 0.120. The van der Waals surface area contributed by atoms with Crippen molar-refractivity contribution in [3.8, 4) is 0 Å². The van der Waals surface area contributed by atoms with E-state index in [4.69, 9.17) is 11.6 Å². The minimum Gasteiger partial charge on any atom is -0.378 e. The van der Waals surface area contributed by atoms with E-state index in [1.165, 1.54) is 18.2 Å². The molecule has 1 unspecified atom stereocenters. The summed E-state index contributed by atoms with van der Waals surface area (Å²) in [6.45, 7) is 1.90. The fraction of sp³-hybridized carbons (Fsp3) is 0.143. The molecule has 0 saturated heterocycles. The average Bonchev–Trinajstić information content (AvgIpc) is 2.33. The topological polar surface area (TPSA) is 12.0 Å². The van der Waals surface area contributed by atoms with Gasteiger partial charge in [0.15, 0.2) is 0 Å². The summed E-state index contributed by atoms with van der Waals surface area (Å²) in [4.78, 5) is 0. The van der Waals surface area contributed by atoms with Gasteiger partial charge in [0.2, 0.25) is 0 Å². The second kappa shape index (κ2) is 5.88. The van der Waals surface area contributed by atoms with Crippen molar-refractivity contribution in [3.63, 3.8) is 0 Å². The monoisotopic (exact) mass is 345 g/mol. The zero-order valence-electron chi connectivity index (χ0n) is 10.1. The molecule has 0 radical (unpaired) electrons. The lowest BCUT2D eigenvalue weighted by atomic mass is 10.1.